The highest BCUT2D eigenvalue weighted by atomic mass is 16.5. The topological polar surface area (TPSA) is 27.1 Å². The van der Waals surface area contributed by atoms with Crippen LogP contribution in [0.3, 0.4) is 0 Å². The fourth-order valence-corrected chi connectivity index (χ4v) is 4.08. The van der Waals surface area contributed by atoms with Crippen molar-refractivity contribution < 1.29 is 4.74 Å². The van der Waals surface area contributed by atoms with Gasteiger partial charge in [-0.3, -0.25) is 0 Å². The van der Waals surface area contributed by atoms with Crippen LogP contribution in [0.15, 0.2) is 78.9 Å². The van der Waals surface area contributed by atoms with E-state index in [1.165, 1.54) is 35.4 Å². The van der Waals surface area contributed by atoms with Crippen LogP contribution >= 0.6 is 0 Å². The van der Waals surface area contributed by atoms with E-state index in [0.717, 1.165) is 28.7 Å². The standard InChI is InChI=1S/C27H26N2O/c1-19-10-11-20(2)29(19)27-9-5-8-26(28-27)22-14-16-24(17-15-22)30-18-23-6-3-4-7-25(23)21-12-13-21/h3-11,14-17,21H,12-13,18H2,1-2H3. The maximum Gasteiger partial charge on any atom is 0.137 e. The number of nitrogens with zero attached hydrogens (tertiary/aromatic N) is 2. The van der Waals surface area contributed by atoms with Gasteiger partial charge in [-0.25, -0.2) is 4.98 Å². The monoisotopic (exact) mass is 394 g/mol. The van der Waals surface area contributed by atoms with Gasteiger partial charge in [0.1, 0.15) is 18.2 Å². The molecule has 3 heteroatoms. The number of ether oxygens (including phenoxy) is 1. The Labute approximate surface area is 178 Å². The third-order valence-electron chi connectivity index (χ3n) is 5.85. The molecule has 0 spiro atoms. The number of aryl methyl sites for hydroxylation is 2. The smallest absolute Gasteiger partial charge is 0.137 e. The highest BCUT2D eigenvalue weighted by molar-refractivity contribution is 5.61. The fourth-order valence-electron chi connectivity index (χ4n) is 4.08. The zero-order valence-electron chi connectivity index (χ0n) is 17.5. The lowest BCUT2D eigenvalue weighted by Gasteiger charge is -2.12. The average Bonchev–Trinajstić information content (AvgIpc) is 3.57. The van der Waals surface area contributed by atoms with Crippen molar-refractivity contribution in [3.63, 3.8) is 0 Å². The summed E-state index contributed by atoms with van der Waals surface area (Å²) in [7, 11) is 0. The Morgan fingerprint density at radius 2 is 1.57 bits per heavy atom. The van der Waals surface area contributed by atoms with Crippen LogP contribution in [0.25, 0.3) is 17.1 Å². The third kappa shape index (κ3) is 3.76. The molecule has 0 radical (unpaired) electrons. The van der Waals surface area contributed by atoms with Gasteiger partial charge >= 0.3 is 0 Å². The van der Waals surface area contributed by atoms with E-state index in [-0.39, 0.29) is 0 Å². The normalized spacial score (nSPS) is 13.4. The molecule has 0 saturated heterocycles. The van der Waals surface area contributed by atoms with Gasteiger partial charge in [0.25, 0.3) is 0 Å². The summed E-state index contributed by atoms with van der Waals surface area (Å²) in [6.07, 6.45) is 2.61. The van der Waals surface area contributed by atoms with Gasteiger partial charge in [0, 0.05) is 17.0 Å². The molecule has 3 nitrogen and oxygen atoms in total. The molecule has 2 aromatic heterocycles. The SMILES string of the molecule is Cc1ccc(C)n1-c1cccc(-c2ccc(OCc3ccccc3C3CC3)cc2)n1. The molecule has 0 unspecified atom stereocenters. The lowest BCUT2D eigenvalue weighted by atomic mass is 10.0. The van der Waals surface area contributed by atoms with Crippen LogP contribution in [0.2, 0.25) is 0 Å². The number of hydrogen-bond donors (Lipinski definition) is 0. The summed E-state index contributed by atoms with van der Waals surface area (Å²) in [4.78, 5) is 4.89. The summed E-state index contributed by atoms with van der Waals surface area (Å²) in [5.74, 6) is 2.57. The van der Waals surface area contributed by atoms with Gasteiger partial charge in [-0.05, 0) is 92.3 Å². The summed E-state index contributed by atoms with van der Waals surface area (Å²) >= 11 is 0. The van der Waals surface area contributed by atoms with E-state index >= 15 is 0 Å². The van der Waals surface area contributed by atoms with E-state index in [1.54, 1.807) is 0 Å². The summed E-state index contributed by atoms with van der Waals surface area (Å²) in [6.45, 7) is 4.83. The van der Waals surface area contributed by atoms with E-state index < -0.39 is 0 Å². The second kappa shape index (κ2) is 7.83. The van der Waals surface area contributed by atoms with Crippen LogP contribution in [0.4, 0.5) is 0 Å². The Kier molecular flexibility index (Phi) is 4.88. The number of rotatable bonds is 6. The predicted molar refractivity (Wildman–Crippen MR) is 121 cm³/mol. The van der Waals surface area contributed by atoms with Gasteiger partial charge < -0.3 is 9.30 Å². The van der Waals surface area contributed by atoms with E-state index in [1.807, 2.05) is 12.1 Å². The van der Waals surface area contributed by atoms with Gasteiger partial charge in [0.2, 0.25) is 0 Å². The first-order valence-corrected chi connectivity index (χ1v) is 10.6. The largest absolute Gasteiger partial charge is 0.489 e. The summed E-state index contributed by atoms with van der Waals surface area (Å²) in [5.41, 5.74) is 7.18. The van der Waals surface area contributed by atoms with Crippen LogP contribution < -0.4 is 4.74 Å². The first-order valence-electron chi connectivity index (χ1n) is 10.6. The molecule has 1 aliphatic carbocycles. The highest BCUT2D eigenvalue weighted by Crippen LogP contribution is 2.41. The van der Waals surface area contributed by atoms with Crippen LogP contribution in [-0.2, 0) is 6.61 Å². The van der Waals surface area contributed by atoms with Crippen molar-refractivity contribution in [1.82, 2.24) is 9.55 Å². The maximum atomic E-state index is 6.09. The predicted octanol–water partition coefficient (Wildman–Crippen LogP) is 6.61. The van der Waals surface area contributed by atoms with Crippen molar-refractivity contribution in [2.45, 2.75) is 39.2 Å². The third-order valence-corrected chi connectivity index (χ3v) is 5.85. The Morgan fingerprint density at radius 3 is 2.30 bits per heavy atom. The molecule has 5 rings (SSSR count). The fraction of sp³-hybridized carbons (Fsp3) is 0.222. The van der Waals surface area contributed by atoms with Crippen LogP contribution in [0, 0.1) is 13.8 Å². The van der Waals surface area contributed by atoms with Gasteiger partial charge in [-0.1, -0.05) is 30.3 Å². The molecular formula is C27H26N2O. The Bertz CT molecular complexity index is 1150. The minimum absolute atomic E-state index is 0.617. The molecule has 1 saturated carbocycles. The Balaban J connectivity index is 1.33. The molecule has 1 aliphatic rings. The zero-order chi connectivity index (χ0) is 20.5. The maximum absolute atomic E-state index is 6.09. The summed E-state index contributed by atoms with van der Waals surface area (Å²) in [5, 5.41) is 0. The van der Waals surface area contributed by atoms with Crippen molar-refractivity contribution in [3.05, 3.63) is 101 Å². The van der Waals surface area contributed by atoms with E-state index in [4.69, 9.17) is 9.72 Å². The average molecular weight is 395 g/mol. The summed E-state index contributed by atoms with van der Waals surface area (Å²) < 4.78 is 8.27. The molecule has 0 aliphatic heterocycles. The van der Waals surface area contributed by atoms with Gasteiger partial charge in [0.05, 0.1) is 5.69 Å². The van der Waals surface area contributed by atoms with Gasteiger partial charge in [-0.2, -0.15) is 0 Å². The van der Waals surface area contributed by atoms with Crippen LogP contribution in [-0.4, -0.2) is 9.55 Å². The molecule has 2 heterocycles. The minimum Gasteiger partial charge on any atom is -0.489 e. The Hall–Kier alpha value is -3.33. The van der Waals surface area contributed by atoms with E-state index in [2.05, 4.69) is 85.1 Å². The van der Waals surface area contributed by atoms with Gasteiger partial charge in [-0.15, -0.1) is 0 Å². The molecule has 30 heavy (non-hydrogen) atoms. The number of hydrogen-bond acceptors (Lipinski definition) is 2. The second-order valence-electron chi connectivity index (χ2n) is 8.12. The number of benzene rings is 2. The van der Waals surface area contributed by atoms with E-state index in [9.17, 15) is 0 Å². The molecule has 150 valence electrons. The zero-order valence-corrected chi connectivity index (χ0v) is 17.5. The molecule has 4 aromatic rings. The van der Waals surface area contributed by atoms with Crippen molar-refractivity contribution >= 4 is 0 Å². The molecular weight excluding hydrogens is 368 g/mol. The summed E-state index contributed by atoms with van der Waals surface area (Å²) in [6, 6.07) is 27.3. The molecule has 0 N–H and O–H groups in total. The van der Waals surface area contributed by atoms with Crippen molar-refractivity contribution in [1.29, 1.82) is 0 Å². The second-order valence-corrected chi connectivity index (χ2v) is 8.12. The lowest BCUT2D eigenvalue weighted by molar-refractivity contribution is 0.305. The van der Waals surface area contributed by atoms with Crippen molar-refractivity contribution in [2.75, 3.05) is 0 Å². The molecule has 0 amide bonds. The molecule has 2 aromatic carbocycles. The highest BCUT2D eigenvalue weighted by Gasteiger charge is 2.25. The molecule has 0 bridgehead atoms. The van der Waals surface area contributed by atoms with Gasteiger partial charge in [0.15, 0.2) is 0 Å². The molecule has 1 fully saturated rings. The van der Waals surface area contributed by atoms with Crippen LogP contribution in [0.1, 0.15) is 41.3 Å². The Morgan fingerprint density at radius 1 is 0.833 bits per heavy atom. The quantitative estimate of drug-likeness (QED) is 0.368. The number of aromatic nitrogens is 2. The number of pyridine rings is 1. The lowest BCUT2D eigenvalue weighted by Crippen LogP contribution is -2.02. The molecule has 0 atom stereocenters. The van der Waals surface area contributed by atoms with Crippen molar-refractivity contribution in [2.24, 2.45) is 0 Å². The minimum atomic E-state index is 0.617. The first-order chi connectivity index (χ1) is 14.7. The van der Waals surface area contributed by atoms with E-state index in [0.29, 0.717) is 6.61 Å². The first kappa shape index (κ1) is 18.7. The van der Waals surface area contributed by atoms with Crippen LogP contribution in [0.5, 0.6) is 5.75 Å². The van der Waals surface area contributed by atoms with Crippen molar-refractivity contribution in [3.8, 4) is 22.8 Å².